The highest BCUT2D eigenvalue weighted by molar-refractivity contribution is 6.42. The first-order valence-electron chi connectivity index (χ1n) is 7.84. The lowest BCUT2D eigenvalue weighted by atomic mass is 10.1. The highest BCUT2D eigenvalue weighted by Crippen LogP contribution is 2.39. The molecule has 1 aliphatic heterocycles. The maximum absolute atomic E-state index is 13.4. The van der Waals surface area contributed by atoms with Crippen LogP contribution in [0.1, 0.15) is 11.1 Å². The highest BCUT2D eigenvalue weighted by atomic mass is 35.5. The third kappa shape index (κ3) is 2.83. The normalized spacial score (nSPS) is 13.6. The van der Waals surface area contributed by atoms with Crippen LogP contribution >= 0.6 is 23.2 Å². The van der Waals surface area contributed by atoms with Crippen LogP contribution in [-0.4, -0.2) is 16.3 Å². The van der Waals surface area contributed by atoms with E-state index in [1.165, 1.54) is 16.8 Å². The number of benzene rings is 2. The second-order valence-corrected chi connectivity index (χ2v) is 6.72. The number of alkyl halides is 3. The summed E-state index contributed by atoms with van der Waals surface area (Å²) < 4.78 is 41.6. The van der Waals surface area contributed by atoms with Crippen molar-refractivity contribution in [2.24, 2.45) is 0 Å². The first-order chi connectivity index (χ1) is 12.4. The van der Waals surface area contributed by atoms with Crippen molar-refractivity contribution in [2.75, 3.05) is 11.9 Å². The predicted molar refractivity (Wildman–Crippen MR) is 96.2 cm³/mol. The standard InChI is InChI=1S/C18H12Cl2F3N3/c19-13-6-5-10(9-14(13)20)16-11-7-8-24-17(11)26(25-16)15-4-2-1-3-12(15)18(21,22)23/h1-6,9,24H,7-8H2. The first kappa shape index (κ1) is 17.2. The Hall–Kier alpha value is -2.18. The topological polar surface area (TPSA) is 29.9 Å². The van der Waals surface area contributed by atoms with Crippen molar-refractivity contribution >= 4 is 29.0 Å². The molecule has 0 fully saturated rings. The van der Waals surface area contributed by atoms with Crippen molar-refractivity contribution in [2.45, 2.75) is 12.6 Å². The Kier molecular flexibility index (Phi) is 4.12. The van der Waals surface area contributed by atoms with E-state index in [2.05, 4.69) is 10.4 Å². The minimum absolute atomic E-state index is 0.0167. The van der Waals surface area contributed by atoms with Gasteiger partial charge in [-0.05, 0) is 30.7 Å². The smallest absolute Gasteiger partial charge is 0.369 e. The van der Waals surface area contributed by atoms with Gasteiger partial charge in [-0.15, -0.1) is 0 Å². The number of nitrogens with one attached hydrogen (secondary N) is 1. The molecule has 0 radical (unpaired) electrons. The number of halogens is 5. The van der Waals surface area contributed by atoms with Crippen LogP contribution in [0.5, 0.6) is 0 Å². The molecule has 2 heterocycles. The summed E-state index contributed by atoms with van der Waals surface area (Å²) in [6.07, 6.45) is -3.81. The Morgan fingerprint density at radius 2 is 1.81 bits per heavy atom. The molecule has 0 atom stereocenters. The lowest BCUT2D eigenvalue weighted by Crippen LogP contribution is -2.13. The van der Waals surface area contributed by atoms with Gasteiger partial charge in [0.15, 0.2) is 0 Å². The molecular weight excluding hydrogens is 386 g/mol. The first-order valence-corrected chi connectivity index (χ1v) is 8.59. The maximum Gasteiger partial charge on any atom is 0.418 e. The van der Waals surface area contributed by atoms with E-state index >= 15 is 0 Å². The second-order valence-electron chi connectivity index (χ2n) is 5.91. The molecule has 134 valence electrons. The average Bonchev–Trinajstić information content (AvgIpc) is 3.19. The zero-order chi connectivity index (χ0) is 18.5. The molecule has 1 aromatic heterocycles. The van der Waals surface area contributed by atoms with Gasteiger partial charge in [-0.2, -0.15) is 18.3 Å². The molecule has 3 aromatic rings. The van der Waals surface area contributed by atoms with Gasteiger partial charge in [0.25, 0.3) is 0 Å². The zero-order valence-corrected chi connectivity index (χ0v) is 14.8. The molecule has 0 spiro atoms. The predicted octanol–water partition coefficient (Wildman–Crippen LogP) is 5.83. The number of para-hydroxylation sites is 1. The van der Waals surface area contributed by atoms with E-state index in [1.54, 1.807) is 24.3 Å². The van der Waals surface area contributed by atoms with Crippen molar-refractivity contribution < 1.29 is 13.2 Å². The van der Waals surface area contributed by atoms with Crippen LogP contribution in [0.4, 0.5) is 19.0 Å². The van der Waals surface area contributed by atoms with Crippen molar-refractivity contribution in [1.29, 1.82) is 0 Å². The second kappa shape index (κ2) is 6.21. The fourth-order valence-electron chi connectivity index (χ4n) is 3.12. The SMILES string of the molecule is FC(F)(F)c1ccccc1-n1nc(-c2ccc(Cl)c(Cl)c2)c2c1NCC2. The summed E-state index contributed by atoms with van der Waals surface area (Å²) in [6, 6.07) is 10.5. The van der Waals surface area contributed by atoms with Crippen LogP contribution in [0.2, 0.25) is 10.0 Å². The van der Waals surface area contributed by atoms with Gasteiger partial charge >= 0.3 is 6.18 Å². The van der Waals surface area contributed by atoms with Crippen molar-refractivity contribution in [3.63, 3.8) is 0 Å². The molecule has 8 heteroatoms. The molecule has 0 aliphatic carbocycles. The fraction of sp³-hybridized carbons (Fsp3) is 0.167. The van der Waals surface area contributed by atoms with E-state index in [-0.39, 0.29) is 5.69 Å². The molecule has 0 unspecified atom stereocenters. The van der Waals surface area contributed by atoms with Crippen LogP contribution in [0.15, 0.2) is 42.5 Å². The maximum atomic E-state index is 13.4. The van der Waals surface area contributed by atoms with E-state index < -0.39 is 11.7 Å². The van der Waals surface area contributed by atoms with Gasteiger partial charge in [0.1, 0.15) is 5.82 Å². The third-order valence-electron chi connectivity index (χ3n) is 4.28. The summed E-state index contributed by atoms with van der Waals surface area (Å²) in [7, 11) is 0. The van der Waals surface area contributed by atoms with Gasteiger partial charge in [0.2, 0.25) is 0 Å². The summed E-state index contributed by atoms with van der Waals surface area (Å²) in [5.74, 6) is 0.572. The largest absolute Gasteiger partial charge is 0.418 e. The van der Waals surface area contributed by atoms with Crippen molar-refractivity contribution in [1.82, 2.24) is 9.78 Å². The van der Waals surface area contributed by atoms with Gasteiger partial charge in [0.05, 0.1) is 27.0 Å². The van der Waals surface area contributed by atoms with Crippen molar-refractivity contribution in [3.05, 3.63) is 63.6 Å². The number of anilines is 1. The number of aromatic nitrogens is 2. The molecule has 0 saturated heterocycles. The number of hydrogen-bond acceptors (Lipinski definition) is 2. The molecule has 0 amide bonds. The van der Waals surface area contributed by atoms with Crippen LogP contribution in [-0.2, 0) is 12.6 Å². The summed E-state index contributed by atoms with van der Waals surface area (Å²) in [5.41, 5.74) is 1.42. The van der Waals surface area contributed by atoms with Gasteiger partial charge < -0.3 is 5.32 Å². The molecule has 26 heavy (non-hydrogen) atoms. The molecule has 2 aromatic carbocycles. The highest BCUT2D eigenvalue weighted by Gasteiger charge is 2.35. The Balaban J connectivity index is 1.92. The number of rotatable bonds is 2. The summed E-state index contributed by atoms with van der Waals surface area (Å²) in [5, 5.41) is 8.38. The summed E-state index contributed by atoms with van der Waals surface area (Å²) in [4.78, 5) is 0. The van der Waals surface area contributed by atoms with E-state index in [9.17, 15) is 13.2 Å². The van der Waals surface area contributed by atoms with Crippen LogP contribution in [0, 0.1) is 0 Å². The minimum Gasteiger partial charge on any atom is -0.369 e. The van der Waals surface area contributed by atoms with Gasteiger partial charge in [-0.1, -0.05) is 41.4 Å². The Labute approximate surface area is 157 Å². The fourth-order valence-corrected chi connectivity index (χ4v) is 3.42. The third-order valence-corrected chi connectivity index (χ3v) is 5.02. The van der Waals surface area contributed by atoms with E-state index in [4.69, 9.17) is 23.2 Å². The Morgan fingerprint density at radius 1 is 1.04 bits per heavy atom. The van der Waals surface area contributed by atoms with Crippen LogP contribution in [0.25, 0.3) is 16.9 Å². The van der Waals surface area contributed by atoms with Crippen molar-refractivity contribution in [3.8, 4) is 16.9 Å². The van der Waals surface area contributed by atoms with Crippen LogP contribution < -0.4 is 5.32 Å². The van der Waals surface area contributed by atoms with Crippen LogP contribution in [0.3, 0.4) is 0 Å². The van der Waals surface area contributed by atoms with E-state index in [0.717, 1.165) is 11.6 Å². The molecule has 0 bridgehead atoms. The van der Waals surface area contributed by atoms with Gasteiger partial charge in [-0.25, -0.2) is 4.68 Å². The molecule has 1 N–H and O–H groups in total. The van der Waals surface area contributed by atoms with Gasteiger partial charge in [0, 0.05) is 17.7 Å². The van der Waals surface area contributed by atoms with E-state index in [0.29, 0.717) is 40.1 Å². The molecule has 3 nitrogen and oxygen atoms in total. The number of hydrogen-bond donors (Lipinski definition) is 1. The zero-order valence-electron chi connectivity index (χ0n) is 13.2. The number of nitrogens with zero attached hydrogens (tertiary/aromatic N) is 2. The Bertz CT molecular complexity index is 996. The average molecular weight is 398 g/mol. The monoisotopic (exact) mass is 397 g/mol. The van der Waals surface area contributed by atoms with Gasteiger partial charge in [-0.3, -0.25) is 0 Å². The summed E-state index contributed by atoms with van der Waals surface area (Å²) >= 11 is 12.1. The molecule has 0 saturated carbocycles. The molecule has 1 aliphatic rings. The molecular formula is C18H12Cl2F3N3. The lowest BCUT2D eigenvalue weighted by molar-refractivity contribution is -0.137. The number of fused-ring (bicyclic) bond motifs is 1. The summed E-state index contributed by atoms with van der Waals surface area (Å²) in [6.45, 7) is 0.635. The molecule has 4 rings (SSSR count). The quantitative estimate of drug-likeness (QED) is 0.589. The lowest BCUT2D eigenvalue weighted by Gasteiger charge is -2.14. The Morgan fingerprint density at radius 3 is 2.54 bits per heavy atom. The minimum atomic E-state index is -4.47. The van der Waals surface area contributed by atoms with E-state index in [1.807, 2.05) is 0 Å².